The zero-order valence-electron chi connectivity index (χ0n) is 12.6. The van der Waals surface area contributed by atoms with Gasteiger partial charge in [0.25, 0.3) is 0 Å². The molecule has 0 radical (unpaired) electrons. The Kier molecular flexibility index (Phi) is 3.92. The number of nitrogens with zero attached hydrogens (tertiary/aromatic N) is 2. The molecule has 0 aliphatic carbocycles. The fourth-order valence-electron chi connectivity index (χ4n) is 2.36. The zero-order chi connectivity index (χ0) is 16.6. The molecule has 0 amide bonds. The first kappa shape index (κ1) is 15.7. The number of hydrogen-bond donors (Lipinski definition) is 1. The van der Waals surface area contributed by atoms with Gasteiger partial charge in [0.1, 0.15) is 5.58 Å². The summed E-state index contributed by atoms with van der Waals surface area (Å²) in [5.74, 6) is 0. The van der Waals surface area contributed by atoms with Crippen LogP contribution in [0.4, 0.5) is 0 Å². The van der Waals surface area contributed by atoms with E-state index in [0.717, 1.165) is 0 Å². The monoisotopic (exact) mass is 337 g/mol. The van der Waals surface area contributed by atoms with Gasteiger partial charge in [0, 0.05) is 26.1 Å². The molecule has 0 aliphatic rings. The molecule has 3 rings (SSSR count). The topological polar surface area (TPSA) is 103 Å². The predicted molar refractivity (Wildman–Crippen MR) is 83.8 cm³/mol. The van der Waals surface area contributed by atoms with Gasteiger partial charge in [-0.15, -0.1) is 0 Å². The van der Waals surface area contributed by atoms with Gasteiger partial charge < -0.3 is 13.7 Å². The SMILES string of the molecule is COCCNS(=O)(=O)c1ccc2oc(=O)c3ncn(C)c3c2c1. The van der Waals surface area contributed by atoms with Crippen LogP contribution in [0.15, 0.2) is 38.6 Å². The molecule has 8 nitrogen and oxygen atoms in total. The van der Waals surface area contributed by atoms with Crippen molar-refractivity contribution in [3.8, 4) is 0 Å². The molecule has 3 aromatic rings. The average Bonchev–Trinajstić information content (AvgIpc) is 2.90. The van der Waals surface area contributed by atoms with Gasteiger partial charge in [-0.05, 0) is 18.2 Å². The first-order chi connectivity index (χ1) is 10.9. The highest BCUT2D eigenvalue weighted by molar-refractivity contribution is 7.89. The molecule has 1 aromatic carbocycles. The summed E-state index contributed by atoms with van der Waals surface area (Å²) in [6.45, 7) is 0.440. The van der Waals surface area contributed by atoms with E-state index in [1.807, 2.05) is 0 Å². The molecule has 2 heterocycles. The highest BCUT2D eigenvalue weighted by Crippen LogP contribution is 2.24. The van der Waals surface area contributed by atoms with Crippen molar-refractivity contribution < 1.29 is 17.6 Å². The van der Waals surface area contributed by atoms with Crippen LogP contribution in [0.1, 0.15) is 0 Å². The van der Waals surface area contributed by atoms with E-state index >= 15 is 0 Å². The van der Waals surface area contributed by atoms with E-state index in [1.54, 1.807) is 11.6 Å². The first-order valence-corrected chi connectivity index (χ1v) is 8.29. The van der Waals surface area contributed by atoms with Crippen LogP contribution in [0.5, 0.6) is 0 Å². The quantitative estimate of drug-likeness (QED) is 0.540. The second-order valence-electron chi connectivity index (χ2n) is 4.99. The van der Waals surface area contributed by atoms with E-state index in [0.29, 0.717) is 16.5 Å². The molecule has 0 unspecified atom stereocenters. The average molecular weight is 337 g/mol. The normalized spacial score (nSPS) is 12.3. The van der Waals surface area contributed by atoms with Crippen LogP contribution in [0.25, 0.3) is 22.0 Å². The number of sulfonamides is 1. The molecular formula is C14H15N3O5S. The van der Waals surface area contributed by atoms with E-state index in [9.17, 15) is 13.2 Å². The predicted octanol–water partition coefficient (Wildman–Crippen LogP) is 0.604. The van der Waals surface area contributed by atoms with Crippen molar-refractivity contribution >= 4 is 32.0 Å². The van der Waals surface area contributed by atoms with E-state index in [2.05, 4.69) is 9.71 Å². The molecule has 0 spiro atoms. The second-order valence-corrected chi connectivity index (χ2v) is 6.76. The van der Waals surface area contributed by atoms with Crippen molar-refractivity contribution in [2.45, 2.75) is 4.90 Å². The minimum atomic E-state index is -3.68. The Morgan fingerprint density at radius 1 is 1.39 bits per heavy atom. The molecule has 0 fully saturated rings. The zero-order valence-corrected chi connectivity index (χ0v) is 13.4. The summed E-state index contributed by atoms with van der Waals surface area (Å²) in [4.78, 5) is 16.0. The Labute approximate surface area is 131 Å². The molecule has 2 aromatic heterocycles. The van der Waals surface area contributed by atoms with Crippen molar-refractivity contribution in [1.29, 1.82) is 0 Å². The number of aromatic nitrogens is 2. The van der Waals surface area contributed by atoms with Gasteiger partial charge in [-0.1, -0.05) is 0 Å². The minimum absolute atomic E-state index is 0.0810. The molecule has 23 heavy (non-hydrogen) atoms. The highest BCUT2D eigenvalue weighted by atomic mass is 32.2. The molecule has 0 atom stereocenters. The van der Waals surface area contributed by atoms with Crippen LogP contribution in [0.2, 0.25) is 0 Å². The van der Waals surface area contributed by atoms with Crippen molar-refractivity contribution in [2.24, 2.45) is 7.05 Å². The van der Waals surface area contributed by atoms with Gasteiger partial charge >= 0.3 is 5.63 Å². The second kappa shape index (κ2) is 5.76. The fourth-order valence-corrected chi connectivity index (χ4v) is 3.40. The van der Waals surface area contributed by atoms with Crippen molar-refractivity contribution in [2.75, 3.05) is 20.3 Å². The van der Waals surface area contributed by atoms with Crippen LogP contribution < -0.4 is 10.3 Å². The summed E-state index contributed by atoms with van der Waals surface area (Å²) in [6, 6.07) is 4.33. The van der Waals surface area contributed by atoms with Crippen LogP contribution in [-0.4, -0.2) is 38.2 Å². The van der Waals surface area contributed by atoms with Crippen molar-refractivity contribution in [3.63, 3.8) is 0 Å². The van der Waals surface area contributed by atoms with E-state index in [-0.39, 0.29) is 23.6 Å². The summed E-state index contributed by atoms with van der Waals surface area (Å²) in [6.07, 6.45) is 1.49. The molecule has 1 N–H and O–H groups in total. The van der Waals surface area contributed by atoms with E-state index in [4.69, 9.17) is 9.15 Å². The summed E-state index contributed by atoms with van der Waals surface area (Å²) < 4.78 is 38.7. The van der Waals surface area contributed by atoms with Crippen LogP contribution in [0.3, 0.4) is 0 Å². The van der Waals surface area contributed by atoms with Gasteiger partial charge in [-0.3, -0.25) is 0 Å². The third kappa shape index (κ3) is 2.74. The summed E-state index contributed by atoms with van der Waals surface area (Å²) in [5, 5.41) is 0.509. The number of nitrogens with one attached hydrogen (secondary N) is 1. The number of hydrogen-bond acceptors (Lipinski definition) is 6. The van der Waals surface area contributed by atoms with Crippen LogP contribution in [0, 0.1) is 0 Å². The number of fused-ring (bicyclic) bond motifs is 3. The minimum Gasteiger partial charge on any atom is -0.421 e. The third-order valence-electron chi connectivity index (χ3n) is 3.45. The van der Waals surface area contributed by atoms with E-state index in [1.165, 1.54) is 31.6 Å². The van der Waals surface area contributed by atoms with Gasteiger partial charge in [-0.25, -0.2) is 22.9 Å². The maximum Gasteiger partial charge on any atom is 0.364 e. The van der Waals surface area contributed by atoms with Crippen molar-refractivity contribution in [1.82, 2.24) is 14.3 Å². The summed E-state index contributed by atoms with van der Waals surface area (Å²) >= 11 is 0. The first-order valence-electron chi connectivity index (χ1n) is 6.80. The number of ether oxygens (including phenoxy) is 1. The van der Waals surface area contributed by atoms with Crippen LogP contribution >= 0.6 is 0 Å². The molecule has 122 valence electrons. The standard InChI is InChI=1S/C14H15N3O5S/c1-17-8-15-12-13(17)10-7-9(3-4-11(10)22-14(12)18)23(19,20)16-5-6-21-2/h3-4,7-8,16H,5-6H2,1-2H3. The lowest BCUT2D eigenvalue weighted by atomic mass is 10.2. The number of rotatable bonds is 5. The third-order valence-corrected chi connectivity index (χ3v) is 4.91. The Hall–Kier alpha value is -2.23. The van der Waals surface area contributed by atoms with Gasteiger partial charge in [0.15, 0.2) is 5.52 Å². The highest BCUT2D eigenvalue weighted by Gasteiger charge is 2.17. The molecule has 9 heteroatoms. The summed E-state index contributed by atoms with van der Waals surface area (Å²) in [5.41, 5.74) is 0.455. The van der Waals surface area contributed by atoms with Gasteiger partial charge in [0.2, 0.25) is 10.0 Å². The molecule has 0 saturated heterocycles. The lowest BCUT2D eigenvalue weighted by Gasteiger charge is -2.08. The Bertz CT molecular complexity index is 1040. The Morgan fingerprint density at radius 3 is 2.91 bits per heavy atom. The van der Waals surface area contributed by atoms with E-state index < -0.39 is 15.6 Å². The number of imidazole rings is 1. The smallest absolute Gasteiger partial charge is 0.364 e. The van der Waals surface area contributed by atoms with Gasteiger partial charge in [0.05, 0.1) is 23.3 Å². The van der Waals surface area contributed by atoms with Crippen molar-refractivity contribution in [3.05, 3.63) is 34.9 Å². The number of benzene rings is 1. The molecule has 0 bridgehead atoms. The lowest BCUT2D eigenvalue weighted by molar-refractivity contribution is 0.204. The largest absolute Gasteiger partial charge is 0.421 e. The maximum atomic E-state index is 12.3. The fraction of sp³-hybridized carbons (Fsp3) is 0.286. The molecular weight excluding hydrogens is 322 g/mol. The Balaban J connectivity index is 2.19. The lowest BCUT2D eigenvalue weighted by Crippen LogP contribution is -2.27. The maximum absolute atomic E-state index is 12.3. The number of aryl methyl sites for hydroxylation is 1. The Morgan fingerprint density at radius 2 is 2.17 bits per heavy atom. The molecule has 0 aliphatic heterocycles. The summed E-state index contributed by atoms with van der Waals surface area (Å²) in [7, 11) is -0.458. The van der Waals surface area contributed by atoms with Gasteiger partial charge in [-0.2, -0.15) is 0 Å². The number of methoxy groups -OCH3 is 1. The molecule has 0 saturated carbocycles. The van der Waals surface area contributed by atoms with Crippen LogP contribution in [-0.2, 0) is 21.8 Å².